The van der Waals surface area contributed by atoms with Gasteiger partial charge in [0.15, 0.2) is 0 Å². The van der Waals surface area contributed by atoms with E-state index < -0.39 is 0 Å². The number of benzene rings is 1. The molecule has 1 aromatic heterocycles. The van der Waals surface area contributed by atoms with E-state index in [1.165, 1.54) is 11.5 Å². The summed E-state index contributed by atoms with van der Waals surface area (Å²) in [6.45, 7) is 4.25. The fourth-order valence-corrected chi connectivity index (χ4v) is 3.23. The Labute approximate surface area is 129 Å². The van der Waals surface area contributed by atoms with Crippen LogP contribution >= 0.6 is 11.5 Å². The van der Waals surface area contributed by atoms with E-state index in [2.05, 4.69) is 28.8 Å². The third-order valence-electron chi connectivity index (χ3n) is 3.39. The van der Waals surface area contributed by atoms with Crippen molar-refractivity contribution in [2.24, 2.45) is 0 Å². The second kappa shape index (κ2) is 6.87. The minimum atomic E-state index is 0.00301. The molecular weight excluding hydrogens is 286 g/mol. The smallest absolute Gasteiger partial charge is 0.127 e. The first-order chi connectivity index (χ1) is 10.1. The largest absolute Gasteiger partial charge is 0.497 e. The second-order valence-corrected chi connectivity index (χ2v) is 5.79. The van der Waals surface area contributed by atoms with E-state index in [0.717, 1.165) is 27.6 Å². The summed E-state index contributed by atoms with van der Waals surface area (Å²) >= 11 is 1.42. The number of nitrogens with one attached hydrogen (secondary N) is 1. The van der Waals surface area contributed by atoms with E-state index in [1.54, 1.807) is 14.2 Å². The standard InChI is InChI=1S/C15H21N3O2S/c1-9(2)13-15(21-18-17-13)14(16-3)11-7-6-10(19-4)8-12(11)20-5/h6-9,14,16H,1-5H3. The molecule has 0 aliphatic rings. The van der Waals surface area contributed by atoms with Crippen molar-refractivity contribution in [1.82, 2.24) is 14.9 Å². The van der Waals surface area contributed by atoms with Gasteiger partial charge >= 0.3 is 0 Å². The molecule has 1 N–H and O–H groups in total. The lowest BCUT2D eigenvalue weighted by Crippen LogP contribution is -2.19. The number of hydrogen-bond donors (Lipinski definition) is 1. The molecule has 0 saturated carbocycles. The van der Waals surface area contributed by atoms with Gasteiger partial charge in [-0.25, -0.2) is 0 Å². The molecular formula is C15H21N3O2S. The average molecular weight is 307 g/mol. The number of ether oxygens (including phenoxy) is 2. The molecule has 0 aliphatic heterocycles. The summed E-state index contributed by atoms with van der Waals surface area (Å²) in [6, 6.07) is 5.85. The molecule has 21 heavy (non-hydrogen) atoms. The lowest BCUT2D eigenvalue weighted by Gasteiger charge is -2.20. The minimum absolute atomic E-state index is 0.00301. The lowest BCUT2D eigenvalue weighted by atomic mass is 9.99. The van der Waals surface area contributed by atoms with E-state index in [4.69, 9.17) is 9.47 Å². The SMILES string of the molecule is CNC(c1ccc(OC)cc1OC)c1snnc1C(C)C. The Hall–Kier alpha value is -1.66. The molecule has 6 heteroatoms. The Bertz CT molecular complexity index is 598. The third kappa shape index (κ3) is 3.16. The van der Waals surface area contributed by atoms with Crippen molar-refractivity contribution in [3.05, 3.63) is 34.3 Å². The molecule has 0 radical (unpaired) electrons. The number of aromatic nitrogens is 2. The van der Waals surface area contributed by atoms with Crippen molar-refractivity contribution >= 4 is 11.5 Å². The Morgan fingerprint density at radius 1 is 1.19 bits per heavy atom. The van der Waals surface area contributed by atoms with Crippen LogP contribution in [0.4, 0.5) is 0 Å². The van der Waals surface area contributed by atoms with Gasteiger partial charge in [0.1, 0.15) is 11.5 Å². The molecule has 0 amide bonds. The van der Waals surface area contributed by atoms with Crippen molar-refractivity contribution in [3.63, 3.8) is 0 Å². The zero-order valence-electron chi connectivity index (χ0n) is 13.0. The average Bonchev–Trinajstić information content (AvgIpc) is 2.98. The first-order valence-electron chi connectivity index (χ1n) is 6.83. The number of hydrogen-bond acceptors (Lipinski definition) is 6. The van der Waals surface area contributed by atoms with Crippen LogP contribution in [-0.2, 0) is 0 Å². The van der Waals surface area contributed by atoms with Gasteiger partial charge in [-0.15, -0.1) is 5.10 Å². The quantitative estimate of drug-likeness (QED) is 0.889. The first-order valence-corrected chi connectivity index (χ1v) is 7.61. The van der Waals surface area contributed by atoms with E-state index in [1.807, 2.05) is 25.2 Å². The minimum Gasteiger partial charge on any atom is -0.497 e. The van der Waals surface area contributed by atoms with Crippen molar-refractivity contribution in [3.8, 4) is 11.5 Å². The van der Waals surface area contributed by atoms with Gasteiger partial charge in [-0.1, -0.05) is 18.3 Å². The van der Waals surface area contributed by atoms with Crippen molar-refractivity contribution in [2.75, 3.05) is 21.3 Å². The highest BCUT2D eigenvalue weighted by Gasteiger charge is 2.24. The van der Waals surface area contributed by atoms with Gasteiger partial charge in [-0.2, -0.15) is 0 Å². The predicted molar refractivity (Wildman–Crippen MR) is 84.4 cm³/mol. The van der Waals surface area contributed by atoms with Crippen LogP contribution in [-0.4, -0.2) is 30.9 Å². The van der Waals surface area contributed by atoms with Crippen LogP contribution in [0.25, 0.3) is 0 Å². The highest BCUT2D eigenvalue weighted by Crippen LogP contribution is 2.36. The van der Waals surface area contributed by atoms with Gasteiger partial charge in [0.05, 0.1) is 30.8 Å². The molecule has 0 bridgehead atoms. The molecule has 1 aromatic carbocycles. The van der Waals surface area contributed by atoms with E-state index in [0.29, 0.717) is 5.92 Å². The van der Waals surface area contributed by atoms with Gasteiger partial charge in [-0.3, -0.25) is 0 Å². The topological polar surface area (TPSA) is 56.3 Å². The van der Waals surface area contributed by atoms with Gasteiger partial charge in [0.2, 0.25) is 0 Å². The normalized spacial score (nSPS) is 12.5. The second-order valence-electron chi connectivity index (χ2n) is 5.01. The summed E-state index contributed by atoms with van der Waals surface area (Å²) in [6.07, 6.45) is 0. The Kier molecular flexibility index (Phi) is 5.14. The van der Waals surface area contributed by atoms with Gasteiger partial charge in [0.25, 0.3) is 0 Å². The van der Waals surface area contributed by atoms with Crippen LogP contribution in [0.15, 0.2) is 18.2 Å². The monoisotopic (exact) mass is 307 g/mol. The number of rotatable bonds is 6. The first kappa shape index (κ1) is 15.7. The third-order valence-corrected chi connectivity index (χ3v) is 4.19. The summed E-state index contributed by atoms with van der Waals surface area (Å²) in [5, 5.41) is 7.60. The highest BCUT2D eigenvalue weighted by atomic mass is 32.1. The van der Waals surface area contributed by atoms with Crippen molar-refractivity contribution in [1.29, 1.82) is 0 Å². The molecule has 0 saturated heterocycles. The Morgan fingerprint density at radius 3 is 2.52 bits per heavy atom. The van der Waals surface area contributed by atoms with E-state index in [-0.39, 0.29) is 6.04 Å². The molecule has 0 spiro atoms. The predicted octanol–water partition coefficient (Wildman–Crippen LogP) is 2.99. The zero-order valence-corrected chi connectivity index (χ0v) is 13.8. The summed E-state index contributed by atoms with van der Waals surface area (Å²) < 4.78 is 14.9. The molecule has 1 heterocycles. The van der Waals surface area contributed by atoms with Crippen molar-refractivity contribution < 1.29 is 9.47 Å². The van der Waals surface area contributed by atoms with Crippen LogP contribution in [0.3, 0.4) is 0 Å². The summed E-state index contributed by atoms with van der Waals surface area (Å²) in [7, 11) is 5.24. The Balaban J connectivity index is 2.48. The molecule has 5 nitrogen and oxygen atoms in total. The van der Waals surface area contributed by atoms with E-state index in [9.17, 15) is 0 Å². The van der Waals surface area contributed by atoms with Crippen LogP contribution in [0.5, 0.6) is 11.5 Å². The molecule has 0 fully saturated rings. The summed E-state index contributed by atoms with van der Waals surface area (Å²) in [5.41, 5.74) is 2.07. The van der Waals surface area contributed by atoms with Crippen LogP contribution < -0.4 is 14.8 Å². The van der Waals surface area contributed by atoms with Gasteiger partial charge in [-0.05, 0) is 36.6 Å². The number of methoxy groups -OCH3 is 2. The van der Waals surface area contributed by atoms with Crippen molar-refractivity contribution in [2.45, 2.75) is 25.8 Å². The maximum atomic E-state index is 5.51. The Morgan fingerprint density at radius 2 is 1.95 bits per heavy atom. The fourth-order valence-electron chi connectivity index (χ4n) is 2.29. The summed E-state index contributed by atoms with van der Waals surface area (Å²) in [4.78, 5) is 1.12. The highest BCUT2D eigenvalue weighted by molar-refractivity contribution is 7.05. The molecule has 2 rings (SSSR count). The number of nitrogens with zero attached hydrogens (tertiary/aromatic N) is 2. The molecule has 0 aliphatic carbocycles. The van der Waals surface area contributed by atoms with Gasteiger partial charge < -0.3 is 14.8 Å². The molecule has 1 atom stereocenters. The summed E-state index contributed by atoms with van der Waals surface area (Å²) in [5.74, 6) is 1.90. The maximum absolute atomic E-state index is 5.51. The van der Waals surface area contributed by atoms with Crippen LogP contribution in [0, 0.1) is 0 Å². The lowest BCUT2D eigenvalue weighted by molar-refractivity contribution is 0.388. The maximum Gasteiger partial charge on any atom is 0.127 e. The zero-order chi connectivity index (χ0) is 15.4. The van der Waals surface area contributed by atoms with Crippen LogP contribution in [0.1, 0.15) is 41.9 Å². The van der Waals surface area contributed by atoms with E-state index >= 15 is 0 Å². The molecule has 2 aromatic rings. The molecule has 1 unspecified atom stereocenters. The molecule has 114 valence electrons. The fraction of sp³-hybridized carbons (Fsp3) is 0.467. The van der Waals surface area contributed by atoms with Crippen LogP contribution in [0.2, 0.25) is 0 Å². The van der Waals surface area contributed by atoms with Gasteiger partial charge in [0, 0.05) is 11.6 Å².